The van der Waals surface area contributed by atoms with E-state index in [-0.39, 0.29) is 18.6 Å². The second-order valence-electron chi connectivity index (χ2n) is 8.39. The fourth-order valence-electron chi connectivity index (χ4n) is 4.20. The fraction of sp³-hybridized carbons (Fsp3) is 0.400. The fourth-order valence-corrected chi connectivity index (χ4v) is 4.20. The van der Waals surface area contributed by atoms with Crippen LogP contribution in [0.1, 0.15) is 36.8 Å². The third-order valence-electron chi connectivity index (χ3n) is 6.04. The van der Waals surface area contributed by atoms with Crippen molar-refractivity contribution in [3.63, 3.8) is 0 Å². The van der Waals surface area contributed by atoms with Crippen molar-refractivity contribution in [2.24, 2.45) is 0 Å². The number of alkyl carbamates (subject to hydrolysis) is 1. The minimum atomic E-state index is -1.22. The van der Waals surface area contributed by atoms with Crippen molar-refractivity contribution in [2.75, 3.05) is 27.2 Å². The molecular formula is C25H31N3O5. The van der Waals surface area contributed by atoms with E-state index in [2.05, 4.69) is 10.6 Å². The summed E-state index contributed by atoms with van der Waals surface area (Å²) in [6, 6.07) is 14.8. The number of ether oxygens (including phenoxy) is 1. The predicted octanol–water partition coefficient (Wildman–Crippen LogP) is 2.82. The molecule has 1 aliphatic rings. The Labute approximate surface area is 193 Å². The smallest absolute Gasteiger partial charge is 0.407 e. The first-order valence-electron chi connectivity index (χ1n) is 11.1. The molecular weight excluding hydrogens is 422 g/mol. The van der Waals surface area contributed by atoms with Gasteiger partial charge in [-0.15, -0.1) is 0 Å². The van der Waals surface area contributed by atoms with Crippen LogP contribution in [0.5, 0.6) is 0 Å². The van der Waals surface area contributed by atoms with Crippen LogP contribution in [0.3, 0.4) is 0 Å². The van der Waals surface area contributed by atoms with Gasteiger partial charge in [-0.05, 0) is 42.8 Å². The number of rotatable bonds is 10. The van der Waals surface area contributed by atoms with Crippen LogP contribution in [-0.2, 0) is 14.3 Å². The Hall–Kier alpha value is -3.39. The number of aliphatic carboxylic acids is 1. The summed E-state index contributed by atoms with van der Waals surface area (Å²) >= 11 is 0. The first kappa shape index (κ1) is 24.3. The van der Waals surface area contributed by atoms with Crippen LogP contribution < -0.4 is 10.6 Å². The standard InChI is InChI=1S/C25H31N3O5/c1-4-16(28(2)3)14-26-24(31)22(13-23(29)30)27-25(32)33-15-21-19-11-7-5-9-17(19)18-10-6-8-12-20(18)21/h5-12,16,21-22H,4,13-15H2,1-3H3,(H,26,31)(H,27,32)(H,29,30). The van der Waals surface area contributed by atoms with Gasteiger partial charge in [-0.1, -0.05) is 55.5 Å². The first-order valence-corrected chi connectivity index (χ1v) is 11.1. The minimum absolute atomic E-state index is 0.0831. The van der Waals surface area contributed by atoms with Gasteiger partial charge in [0.05, 0.1) is 6.42 Å². The number of nitrogens with zero attached hydrogens (tertiary/aromatic N) is 1. The molecule has 0 aliphatic heterocycles. The van der Waals surface area contributed by atoms with E-state index in [4.69, 9.17) is 4.74 Å². The number of hydrogen-bond donors (Lipinski definition) is 3. The van der Waals surface area contributed by atoms with Gasteiger partial charge in [0.15, 0.2) is 0 Å². The van der Waals surface area contributed by atoms with Crippen LogP contribution in [0.4, 0.5) is 4.79 Å². The Bertz CT molecular complexity index is 962. The van der Waals surface area contributed by atoms with Crippen molar-refractivity contribution in [1.82, 2.24) is 15.5 Å². The van der Waals surface area contributed by atoms with Gasteiger partial charge in [0.25, 0.3) is 0 Å². The van der Waals surface area contributed by atoms with Gasteiger partial charge in [0.2, 0.25) is 5.91 Å². The lowest BCUT2D eigenvalue weighted by Gasteiger charge is -2.24. The van der Waals surface area contributed by atoms with E-state index < -0.39 is 30.4 Å². The van der Waals surface area contributed by atoms with Crippen LogP contribution in [0, 0.1) is 0 Å². The monoisotopic (exact) mass is 453 g/mol. The zero-order valence-corrected chi connectivity index (χ0v) is 19.2. The van der Waals surface area contributed by atoms with Gasteiger partial charge >= 0.3 is 12.1 Å². The molecule has 33 heavy (non-hydrogen) atoms. The number of benzene rings is 2. The molecule has 3 N–H and O–H groups in total. The highest BCUT2D eigenvalue weighted by Crippen LogP contribution is 2.44. The molecule has 0 fully saturated rings. The van der Waals surface area contributed by atoms with Crippen LogP contribution >= 0.6 is 0 Å². The maximum atomic E-state index is 12.6. The molecule has 0 saturated heterocycles. The number of fused-ring (bicyclic) bond motifs is 3. The maximum absolute atomic E-state index is 12.6. The van der Waals surface area contributed by atoms with E-state index in [0.717, 1.165) is 28.7 Å². The van der Waals surface area contributed by atoms with Crippen molar-refractivity contribution in [3.05, 3.63) is 59.7 Å². The number of carbonyl (C=O) groups excluding carboxylic acids is 2. The van der Waals surface area contributed by atoms with Crippen LogP contribution in [-0.4, -0.2) is 67.3 Å². The summed E-state index contributed by atoms with van der Waals surface area (Å²) in [5, 5.41) is 14.4. The van der Waals surface area contributed by atoms with Gasteiger partial charge in [-0.2, -0.15) is 0 Å². The summed E-state index contributed by atoms with van der Waals surface area (Å²) in [5.74, 6) is -1.86. The quantitative estimate of drug-likeness (QED) is 0.511. The molecule has 176 valence electrons. The summed E-state index contributed by atoms with van der Waals surface area (Å²) in [4.78, 5) is 38.3. The van der Waals surface area contributed by atoms with Crippen molar-refractivity contribution >= 4 is 18.0 Å². The predicted molar refractivity (Wildman–Crippen MR) is 125 cm³/mol. The van der Waals surface area contributed by atoms with Crippen molar-refractivity contribution in [3.8, 4) is 11.1 Å². The molecule has 8 heteroatoms. The van der Waals surface area contributed by atoms with Gasteiger partial charge in [0, 0.05) is 18.5 Å². The average Bonchev–Trinajstić information content (AvgIpc) is 3.11. The van der Waals surface area contributed by atoms with Gasteiger partial charge in [-0.3, -0.25) is 9.59 Å². The number of hydrogen-bond acceptors (Lipinski definition) is 5. The van der Waals surface area contributed by atoms with Crippen molar-refractivity contribution < 1.29 is 24.2 Å². The van der Waals surface area contributed by atoms with Gasteiger partial charge < -0.3 is 25.4 Å². The molecule has 3 rings (SSSR count). The average molecular weight is 454 g/mol. The highest BCUT2D eigenvalue weighted by atomic mass is 16.5. The molecule has 0 spiro atoms. The summed E-state index contributed by atoms with van der Waals surface area (Å²) < 4.78 is 5.46. The zero-order valence-electron chi connectivity index (χ0n) is 19.2. The molecule has 0 bridgehead atoms. The van der Waals surface area contributed by atoms with E-state index in [0.29, 0.717) is 6.54 Å². The number of carbonyl (C=O) groups is 3. The lowest BCUT2D eigenvalue weighted by Crippen LogP contribution is -2.50. The van der Waals surface area contributed by atoms with E-state index >= 15 is 0 Å². The van der Waals surface area contributed by atoms with Gasteiger partial charge in [-0.25, -0.2) is 4.79 Å². The Kier molecular flexibility index (Phi) is 8.06. The second-order valence-corrected chi connectivity index (χ2v) is 8.39. The Morgan fingerprint density at radius 3 is 2.12 bits per heavy atom. The molecule has 8 nitrogen and oxygen atoms in total. The van der Waals surface area contributed by atoms with Crippen LogP contribution in [0.15, 0.2) is 48.5 Å². The number of nitrogens with one attached hydrogen (secondary N) is 2. The molecule has 2 aromatic carbocycles. The van der Waals surface area contributed by atoms with E-state index in [1.54, 1.807) is 0 Å². The molecule has 0 radical (unpaired) electrons. The van der Waals surface area contributed by atoms with Crippen LogP contribution in [0.25, 0.3) is 11.1 Å². The number of carboxylic acid groups (broad SMARTS) is 1. The molecule has 2 amide bonds. The normalized spacial score (nSPS) is 14.2. The van der Waals surface area contributed by atoms with Crippen molar-refractivity contribution in [1.29, 1.82) is 0 Å². The number of amides is 2. The van der Waals surface area contributed by atoms with Crippen molar-refractivity contribution in [2.45, 2.75) is 37.8 Å². The van der Waals surface area contributed by atoms with E-state index in [9.17, 15) is 19.5 Å². The zero-order chi connectivity index (χ0) is 24.0. The lowest BCUT2D eigenvalue weighted by atomic mass is 9.98. The summed E-state index contributed by atoms with van der Waals surface area (Å²) in [5.41, 5.74) is 4.36. The summed E-state index contributed by atoms with van der Waals surface area (Å²) in [7, 11) is 3.81. The highest BCUT2D eigenvalue weighted by Gasteiger charge is 2.30. The summed E-state index contributed by atoms with van der Waals surface area (Å²) in [6.45, 7) is 2.44. The molecule has 2 unspecified atom stereocenters. The van der Waals surface area contributed by atoms with Gasteiger partial charge in [0.1, 0.15) is 12.6 Å². The second kappa shape index (κ2) is 11.0. The molecule has 2 aromatic rings. The molecule has 0 heterocycles. The number of likely N-dealkylation sites (N-methyl/N-ethyl adjacent to an activating group) is 1. The molecule has 0 saturated carbocycles. The molecule has 1 aliphatic carbocycles. The number of carboxylic acids is 1. The Balaban J connectivity index is 1.63. The van der Waals surface area contributed by atoms with Crippen LogP contribution in [0.2, 0.25) is 0 Å². The van der Waals surface area contributed by atoms with E-state index in [1.165, 1.54) is 0 Å². The third-order valence-corrected chi connectivity index (χ3v) is 6.04. The molecule has 0 aromatic heterocycles. The van der Waals surface area contributed by atoms with E-state index in [1.807, 2.05) is 74.4 Å². The Morgan fingerprint density at radius 1 is 1.03 bits per heavy atom. The first-order chi connectivity index (χ1) is 15.8. The third kappa shape index (κ3) is 5.90. The maximum Gasteiger partial charge on any atom is 0.407 e. The Morgan fingerprint density at radius 2 is 1.61 bits per heavy atom. The molecule has 2 atom stereocenters. The highest BCUT2D eigenvalue weighted by molar-refractivity contribution is 5.89. The topological polar surface area (TPSA) is 108 Å². The summed E-state index contributed by atoms with van der Waals surface area (Å²) in [6.07, 6.45) is -0.538. The largest absolute Gasteiger partial charge is 0.481 e. The minimum Gasteiger partial charge on any atom is -0.481 e. The lowest BCUT2D eigenvalue weighted by molar-refractivity contribution is -0.139. The SMILES string of the molecule is CCC(CNC(=O)C(CC(=O)O)NC(=O)OCC1c2ccccc2-c2ccccc21)N(C)C.